The van der Waals surface area contributed by atoms with Gasteiger partial charge in [0.1, 0.15) is 17.5 Å². The van der Waals surface area contributed by atoms with E-state index in [4.69, 9.17) is 5.73 Å². The first-order valence-corrected chi connectivity index (χ1v) is 4.88. The van der Waals surface area contributed by atoms with E-state index in [0.29, 0.717) is 25.0 Å². The van der Waals surface area contributed by atoms with Crippen molar-refractivity contribution in [2.45, 2.75) is 31.2 Å². The second-order valence-corrected chi connectivity index (χ2v) is 4.19. The zero-order valence-electron chi connectivity index (χ0n) is 8.36. The van der Waals surface area contributed by atoms with E-state index in [2.05, 4.69) is 0 Å². The summed E-state index contributed by atoms with van der Waals surface area (Å²) in [5.41, 5.74) is 5.03. The molecule has 1 aromatic rings. The van der Waals surface area contributed by atoms with Crippen molar-refractivity contribution in [1.82, 2.24) is 0 Å². The summed E-state index contributed by atoms with van der Waals surface area (Å²) < 4.78 is 39.7. The lowest BCUT2D eigenvalue weighted by Crippen LogP contribution is -2.33. The van der Waals surface area contributed by atoms with Crippen molar-refractivity contribution >= 4 is 0 Å². The highest BCUT2D eigenvalue weighted by Crippen LogP contribution is 2.51. The minimum Gasteiger partial charge on any atom is -0.327 e. The Morgan fingerprint density at radius 3 is 2.00 bits per heavy atom. The van der Waals surface area contributed by atoms with Gasteiger partial charge in [-0.05, 0) is 19.8 Å². The van der Waals surface area contributed by atoms with E-state index in [-0.39, 0.29) is 11.6 Å². The molecule has 0 spiro atoms. The highest BCUT2D eigenvalue weighted by molar-refractivity contribution is 5.36. The molecule has 0 aliphatic heterocycles. The molecule has 2 N–H and O–H groups in total. The lowest BCUT2D eigenvalue weighted by molar-refractivity contribution is 0.461. The van der Waals surface area contributed by atoms with E-state index in [0.717, 1.165) is 0 Å². The van der Waals surface area contributed by atoms with Crippen molar-refractivity contribution in [3.63, 3.8) is 0 Å². The van der Waals surface area contributed by atoms with E-state index in [1.165, 1.54) is 0 Å². The highest BCUT2D eigenvalue weighted by atomic mass is 19.1. The first-order chi connectivity index (χ1) is 6.97. The molecule has 1 aromatic carbocycles. The van der Waals surface area contributed by atoms with Gasteiger partial charge in [0.05, 0.1) is 0 Å². The predicted octanol–water partition coefficient (Wildman–Crippen LogP) is 2.48. The van der Waals surface area contributed by atoms with Crippen LogP contribution in [0.15, 0.2) is 12.1 Å². The first kappa shape index (κ1) is 10.5. The molecule has 2 rings (SSSR count). The second kappa shape index (κ2) is 3.23. The van der Waals surface area contributed by atoms with Crippen LogP contribution in [0.4, 0.5) is 13.2 Å². The summed E-state index contributed by atoms with van der Waals surface area (Å²) in [4.78, 5) is 0. The molecule has 0 saturated heterocycles. The van der Waals surface area contributed by atoms with E-state index >= 15 is 0 Å². The van der Waals surface area contributed by atoms with Crippen LogP contribution in [0, 0.1) is 17.5 Å². The number of benzene rings is 1. The molecule has 15 heavy (non-hydrogen) atoms. The van der Waals surface area contributed by atoms with Crippen LogP contribution in [0.25, 0.3) is 0 Å². The van der Waals surface area contributed by atoms with Crippen molar-refractivity contribution in [1.29, 1.82) is 0 Å². The third-order valence-electron chi connectivity index (χ3n) is 3.17. The lowest BCUT2D eigenvalue weighted by atomic mass is 9.88. The van der Waals surface area contributed by atoms with Gasteiger partial charge in [-0.15, -0.1) is 0 Å². The SMILES string of the molecule is CC(N)C1(c2c(F)cc(F)cc2F)CC1. The molecule has 0 radical (unpaired) electrons. The van der Waals surface area contributed by atoms with Gasteiger partial charge in [-0.3, -0.25) is 0 Å². The molecule has 1 unspecified atom stereocenters. The maximum absolute atomic E-state index is 13.5. The van der Waals surface area contributed by atoms with Gasteiger partial charge in [0, 0.05) is 29.2 Å². The fourth-order valence-electron chi connectivity index (χ4n) is 2.09. The van der Waals surface area contributed by atoms with Gasteiger partial charge in [0.25, 0.3) is 0 Å². The van der Waals surface area contributed by atoms with Gasteiger partial charge < -0.3 is 5.73 Å². The standard InChI is InChI=1S/C11H12F3N/c1-6(15)11(2-3-11)10-8(13)4-7(12)5-9(10)14/h4-6H,2-3,15H2,1H3. The van der Waals surface area contributed by atoms with E-state index in [9.17, 15) is 13.2 Å². The summed E-state index contributed by atoms with van der Waals surface area (Å²) >= 11 is 0. The van der Waals surface area contributed by atoms with Crippen LogP contribution in [0.3, 0.4) is 0 Å². The molecule has 1 atom stereocenters. The van der Waals surface area contributed by atoms with Gasteiger partial charge in [-0.2, -0.15) is 0 Å². The first-order valence-electron chi connectivity index (χ1n) is 4.88. The van der Waals surface area contributed by atoms with Gasteiger partial charge in [0.15, 0.2) is 0 Å². The van der Waals surface area contributed by atoms with Crippen LogP contribution in [0.5, 0.6) is 0 Å². The highest BCUT2D eigenvalue weighted by Gasteiger charge is 2.50. The quantitative estimate of drug-likeness (QED) is 0.805. The number of halogens is 3. The average molecular weight is 215 g/mol. The maximum atomic E-state index is 13.5. The largest absolute Gasteiger partial charge is 0.327 e. The maximum Gasteiger partial charge on any atom is 0.132 e. The molecule has 0 amide bonds. The summed E-state index contributed by atoms with van der Waals surface area (Å²) in [6.07, 6.45) is 1.31. The number of hydrogen-bond acceptors (Lipinski definition) is 1. The fourth-order valence-corrected chi connectivity index (χ4v) is 2.09. The van der Waals surface area contributed by atoms with Crippen molar-refractivity contribution in [3.8, 4) is 0 Å². The molecule has 0 aromatic heterocycles. The summed E-state index contributed by atoms with van der Waals surface area (Å²) in [7, 11) is 0. The zero-order chi connectivity index (χ0) is 11.2. The number of rotatable bonds is 2. The molecule has 1 saturated carbocycles. The Labute approximate surface area is 86.1 Å². The van der Waals surface area contributed by atoms with Crippen molar-refractivity contribution in [2.75, 3.05) is 0 Å². The fraction of sp³-hybridized carbons (Fsp3) is 0.455. The average Bonchev–Trinajstić information content (AvgIpc) is 2.83. The molecular formula is C11H12F3N. The Morgan fingerprint density at radius 2 is 1.67 bits per heavy atom. The molecule has 1 fully saturated rings. The normalized spacial score (nSPS) is 20.1. The third-order valence-corrected chi connectivity index (χ3v) is 3.17. The van der Waals surface area contributed by atoms with E-state index in [1.807, 2.05) is 0 Å². The predicted molar refractivity (Wildman–Crippen MR) is 50.9 cm³/mol. The zero-order valence-corrected chi connectivity index (χ0v) is 8.36. The van der Waals surface area contributed by atoms with Gasteiger partial charge >= 0.3 is 0 Å². The van der Waals surface area contributed by atoms with E-state index < -0.39 is 22.9 Å². The van der Waals surface area contributed by atoms with Crippen molar-refractivity contribution < 1.29 is 13.2 Å². The molecule has 4 heteroatoms. The Kier molecular flexibility index (Phi) is 2.26. The van der Waals surface area contributed by atoms with Crippen LogP contribution in [-0.4, -0.2) is 6.04 Å². The van der Waals surface area contributed by atoms with Gasteiger partial charge in [-0.25, -0.2) is 13.2 Å². The van der Waals surface area contributed by atoms with Crippen LogP contribution in [0.1, 0.15) is 25.3 Å². The van der Waals surface area contributed by atoms with Crippen LogP contribution < -0.4 is 5.73 Å². The van der Waals surface area contributed by atoms with Crippen molar-refractivity contribution in [3.05, 3.63) is 35.1 Å². The lowest BCUT2D eigenvalue weighted by Gasteiger charge is -2.21. The Bertz CT molecular complexity index is 374. The van der Waals surface area contributed by atoms with E-state index in [1.54, 1.807) is 6.92 Å². The van der Waals surface area contributed by atoms with Gasteiger partial charge in [0.2, 0.25) is 0 Å². The third kappa shape index (κ3) is 1.53. The molecule has 82 valence electrons. The molecule has 1 aliphatic carbocycles. The summed E-state index contributed by atoms with van der Waals surface area (Å²) in [6.45, 7) is 1.72. The molecular weight excluding hydrogens is 203 g/mol. The minimum atomic E-state index is -0.894. The summed E-state index contributed by atoms with van der Waals surface area (Å²) in [6, 6.07) is 1.09. The molecule has 1 aliphatic rings. The number of nitrogens with two attached hydrogens (primary N) is 1. The number of hydrogen-bond donors (Lipinski definition) is 1. The minimum absolute atomic E-state index is 0.0566. The molecule has 1 nitrogen and oxygen atoms in total. The Balaban J connectivity index is 2.54. The Morgan fingerprint density at radius 1 is 1.20 bits per heavy atom. The smallest absolute Gasteiger partial charge is 0.132 e. The summed E-state index contributed by atoms with van der Waals surface area (Å²) in [5, 5.41) is 0. The Hall–Kier alpha value is -1.03. The van der Waals surface area contributed by atoms with Crippen LogP contribution in [-0.2, 0) is 5.41 Å². The summed E-state index contributed by atoms with van der Waals surface area (Å²) in [5.74, 6) is -2.56. The van der Waals surface area contributed by atoms with Crippen LogP contribution in [0.2, 0.25) is 0 Å². The van der Waals surface area contributed by atoms with Crippen molar-refractivity contribution in [2.24, 2.45) is 5.73 Å². The topological polar surface area (TPSA) is 26.0 Å². The van der Waals surface area contributed by atoms with Crippen LogP contribution >= 0.6 is 0 Å². The van der Waals surface area contributed by atoms with Gasteiger partial charge in [-0.1, -0.05) is 0 Å². The molecule has 0 bridgehead atoms. The molecule has 0 heterocycles. The second-order valence-electron chi connectivity index (χ2n) is 4.19. The monoisotopic (exact) mass is 215 g/mol.